The summed E-state index contributed by atoms with van der Waals surface area (Å²) in [4.78, 5) is 36.7. The maximum Gasteiger partial charge on any atom is 0.308 e. The number of carboxylic acids is 1. The number of aliphatic carboxylic acids is 1. The Hall–Kier alpha value is -1.59. The fourth-order valence-corrected chi connectivity index (χ4v) is 4.50. The predicted octanol–water partition coefficient (Wildman–Crippen LogP) is 6.40. The Morgan fingerprint density at radius 3 is 1.36 bits per heavy atom. The van der Waals surface area contributed by atoms with E-state index in [1.165, 1.54) is 25.7 Å². The highest BCUT2D eigenvalue weighted by Crippen LogP contribution is 2.35. The van der Waals surface area contributed by atoms with Gasteiger partial charge in [0.15, 0.2) is 0 Å². The summed E-state index contributed by atoms with van der Waals surface area (Å²) in [6.45, 7) is 9.59. The third-order valence-corrected chi connectivity index (χ3v) is 6.56. The fraction of sp³-hybridized carbons (Fsp3) is 0.889. The molecule has 0 bridgehead atoms. The maximum absolute atomic E-state index is 12.6. The van der Waals surface area contributed by atoms with Crippen molar-refractivity contribution in [1.82, 2.24) is 0 Å². The molecule has 1 saturated carbocycles. The molecule has 1 N–H and O–H groups in total. The molecule has 33 heavy (non-hydrogen) atoms. The summed E-state index contributed by atoms with van der Waals surface area (Å²) in [5.41, 5.74) is 0. The van der Waals surface area contributed by atoms with Crippen molar-refractivity contribution in [2.75, 3.05) is 13.2 Å². The molecule has 1 aliphatic rings. The van der Waals surface area contributed by atoms with Gasteiger partial charge in [0.25, 0.3) is 0 Å². The van der Waals surface area contributed by atoms with Gasteiger partial charge in [0.1, 0.15) is 0 Å². The first kappa shape index (κ1) is 29.4. The van der Waals surface area contributed by atoms with Crippen LogP contribution in [0.5, 0.6) is 0 Å². The SMILES string of the molecule is CC(C)CCCCCCOC(=O)C1CC(C(=O)O)CC(C(=O)OCCCCCCC(C)C)C1. The van der Waals surface area contributed by atoms with E-state index in [9.17, 15) is 19.5 Å². The standard InChI is InChI=1S/C27H48O6/c1-20(2)13-9-5-7-11-15-32-26(30)23-17-22(25(28)29)18-24(19-23)27(31)33-16-12-8-6-10-14-21(3)4/h20-24H,5-19H2,1-4H3,(H,28,29). The Balaban J connectivity index is 2.36. The van der Waals surface area contributed by atoms with E-state index in [-0.39, 0.29) is 24.8 Å². The van der Waals surface area contributed by atoms with Crippen molar-refractivity contribution >= 4 is 17.9 Å². The average Bonchev–Trinajstić information content (AvgIpc) is 2.76. The van der Waals surface area contributed by atoms with Crippen molar-refractivity contribution in [3.05, 3.63) is 0 Å². The Bertz CT molecular complexity index is 529. The lowest BCUT2D eigenvalue weighted by molar-refractivity contribution is -0.159. The lowest BCUT2D eigenvalue weighted by Crippen LogP contribution is -2.36. The molecule has 192 valence electrons. The monoisotopic (exact) mass is 468 g/mol. The molecule has 1 fully saturated rings. The summed E-state index contributed by atoms with van der Waals surface area (Å²) in [5.74, 6) is -2.07. The molecule has 0 amide bonds. The smallest absolute Gasteiger partial charge is 0.308 e. The summed E-state index contributed by atoms with van der Waals surface area (Å²) in [5, 5.41) is 9.50. The van der Waals surface area contributed by atoms with Crippen LogP contribution in [-0.4, -0.2) is 36.2 Å². The summed E-state index contributed by atoms with van der Waals surface area (Å²) in [6.07, 6.45) is 11.6. The Kier molecular flexibility index (Phi) is 15.1. The van der Waals surface area contributed by atoms with E-state index >= 15 is 0 Å². The zero-order valence-corrected chi connectivity index (χ0v) is 21.5. The average molecular weight is 469 g/mol. The molecule has 0 saturated heterocycles. The minimum absolute atomic E-state index is 0.238. The second-order valence-corrected chi connectivity index (χ2v) is 10.7. The molecule has 6 heteroatoms. The molecule has 6 nitrogen and oxygen atoms in total. The molecule has 0 aromatic carbocycles. The van der Waals surface area contributed by atoms with Gasteiger partial charge in [-0.05, 0) is 43.9 Å². The van der Waals surface area contributed by atoms with E-state index < -0.39 is 23.7 Å². The molecule has 0 heterocycles. The van der Waals surface area contributed by atoms with Crippen LogP contribution in [0.2, 0.25) is 0 Å². The van der Waals surface area contributed by atoms with Gasteiger partial charge in [0, 0.05) is 0 Å². The van der Waals surface area contributed by atoms with E-state index in [2.05, 4.69) is 27.7 Å². The fourth-order valence-electron chi connectivity index (χ4n) is 4.50. The number of esters is 2. The van der Waals surface area contributed by atoms with Gasteiger partial charge in [0.05, 0.1) is 31.0 Å². The summed E-state index contributed by atoms with van der Waals surface area (Å²) >= 11 is 0. The van der Waals surface area contributed by atoms with Crippen LogP contribution in [0.1, 0.15) is 111 Å². The summed E-state index contributed by atoms with van der Waals surface area (Å²) < 4.78 is 10.9. The van der Waals surface area contributed by atoms with Gasteiger partial charge < -0.3 is 14.6 Å². The lowest BCUT2D eigenvalue weighted by atomic mass is 9.75. The third kappa shape index (κ3) is 13.6. The van der Waals surface area contributed by atoms with Crippen LogP contribution in [0, 0.1) is 29.6 Å². The first-order chi connectivity index (χ1) is 15.7. The van der Waals surface area contributed by atoms with Crippen LogP contribution in [0.25, 0.3) is 0 Å². The summed E-state index contributed by atoms with van der Waals surface area (Å²) in [7, 11) is 0. The van der Waals surface area contributed by atoms with Crippen molar-refractivity contribution in [1.29, 1.82) is 0 Å². The van der Waals surface area contributed by atoms with Crippen molar-refractivity contribution in [3.8, 4) is 0 Å². The highest BCUT2D eigenvalue weighted by molar-refractivity contribution is 5.79. The van der Waals surface area contributed by atoms with E-state index in [1.54, 1.807) is 0 Å². The van der Waals surface area contributed by atoms with Gasteiger partial charge in [0.2, 0.25) is 0 Å². The molecule has 0 aromatic rings. The van der Waals surface area contributed by atoms with Gasteiger partial charge in [-0.2, -0.15) is 0 Å². The number of ether oxygens (including phenoxy) is 2. The Morgan fingerprint density at radius 1 is 0.636 bits per heavy atom. The molecule has 0 radical (unpaired) electrons. The molecule has 2 atom stereocenters. The molecule has 0 spiro atoms. The van der Waals surface area contributed by atoms with E-state index in [0.29, 0.717) is 31.5 Å². The quantitative estimate of drug-likeness (QED) is 0.196. The molecule has 0 aliphatic heterocycles. The minimum Gasteiger partial charge on any atom is -0.481 e. The van der Waals surface area contributed by atoms with Crippen molar-refractivity contribution < 1.29 is 29.0 Å². The van der Waals surface area contributed by atoms with E-state index in [0.717, 1.165) is 38.5 Å². The summed E-state index contributed by atoms with van der Waals surface area (Å²) in [6, 6.07) is 0. The van der Waals surface area contributed by atoms with E-state index in [4.69, 9.17) is 9.47 Å². The number of carbonyl (C=O) groups excluding carboxylic acids is 2. The maximum atomic E-state index is 12.6. The normalized spacial score (nSPS) is 20.7. The Labute approximate surface area is 201 Å². The van der Waals surface area contributed by atoms with Crippen LogP contribution in [-0.2, 0) is 23.9 Å². The molecular formula is C27H48O6. The highest BCUT2D eigenvalue weighted by Gasteiger charge is 2.40. The van der Waals surface area contributed by atoms with Gasteiger partial charge in [-0.25, -0.2) is 0 Å². The number of hydrogen-bond acceptors (Lipinski definition) is 5. The zero-order chi connectivity index (χ0) is 24.6. The van der Waals surface area contributed by atoms with Gasteiger partial charge in [-0.3, -0.25) is 14.4 Å². The third-order valence-electron chi connectivity index (χ3n) is 6.56. The number of unbranched alkanes of at least 4 members (excludes halogenated alkanes) is 6. The van der Waals surface area contributed by atoms with Gasteiger partial charge in [-0.1, -0.05) is 79.1 Å². The topological polar surface area (TPSA) is 89.9 Å². The van der Waals surface area contributed by atoms with Crippen molar-refractivity contribution in [2.24, 2.45) is 29.6 Å². The molecule has 0 aromatic heterocycles. The molecule has 1 aliphatic carbocycles. The number of carboxylic acid groups (broad SMARTS) is 1. The first-order valence-electron chi connectivity index (χ1n) is 13.3. The molecule has 1 rings (SSSR count). The second kappa shape index (κ2) is 16.9. The number of rotatable bonds is 17. The van der Waals surface area contributed by atoms with Crippen molar-refractivity contribution in [3.63, 3.8) is 0 Å². The van der Waals surface area contributed by atoms with Crippen LogP contribution in [0.4, 0.5) is 0 Å². The molecular weight excluding hydrogens is 420 g/mol. The minimum atomic E-state index is -0.958. The van der Waals surface area contributed by atoms with E-state index in [1.807, 2.05) is 0 Å². The largest absolute Gasteiger partial charge is 0.481 e. The van der Waals surface area contributed by atoms with Crippen molar-refractivity contribution in [2.45, 2.75) is 111 Å². The predicted molar refractivity (Wildman–Crippen MR) is 130 cm³/mol. The number of hydrogen-bond donors (Lipinski definition) is 1. The highest BCUT2D eigenvalue weighted by atomic mass is 16.5. The van der Waals surface area contributed by atoms with Gasteiger partial charge in [-0.15, -0.1) is 0 Å². The first-order valence-corrected chi connectivity index (χ1v) is 13.3. The zero-order valence-electron chi connectivity index (χ0n) is 21.5. The second-order valence-electron chi connectivity index (χ2n) is 10.7. The lowest BCUT2D eigenvalue weighted by Gasteiger charge is -2.30. The van der Waals surface area contributed by atoms with Gasteiger partial charge >= 0.3 is 17.9 Å². The Morgan fingerprint density at radius 2 is 1.00 bits per heavy atom. The van der Waals surface area contributed by atoms with Crippen LogP contribution < -0.4 is 0 Å². The molecule has 2 unspecified atom stereocenters. The van der Waals surface area contributed by atoms with Crippen LogP contribution in [0.15, 0.2) is 0 Å². The number of carbonyl (C=O) groups is 3. The van der Waals surface area contributed by atoms with Crippen LogP contribution in [0.3, 0.4) is 0 Å². The van der Waals surface area contributed by atoms with Crippen LogP contribution >= 0.6 is 0 Å².